The molecule has 7 heteroatoms. The number of rotatable bonds is 3. The molecule has 0 aliphatic heterocycles. The quantitative estimate of drug-likeness (QED) is 0.794. The Bertz CT molecular complexity index is 659. The summed E-state index contributed by atoms with van der Waals surface area (Å²) >= 11 is 3.13. The van der Waals surface area contributed by atoms with Crippen LogP contribution in [-0.2, 0) is 6.18 Å². The van der Waals surface area contributed by atoms with E-state index in [9.17, 15) is 13.2 Å². The van der Waals surface area contributed by atoms with Crippen LogP contribution >= 0.6 is 15.9 Å². The average molecular weight is 362 g/mol. The predicted molar refractivity (Wildman–Crippen MR) is 76.6 cm³/mol. The fourth-order valence-corrected chi connectivity index (χ4v) is 2.04. The summed E-state index contributed by atoms with van der Waals surface area (Å²) < 4.78 is 49.8. The van der Waals surface area contributed by atoms with Crippen LogP contribution < -0.4 is 15.2 Å². The summed E-state index contributed by atoms with van der Waals surface area (Å²) in [5, 5.41) is 0. The summed E-state index contributed by atoms with van der Waals surface area (Å²) in [5.41, 5.74) is 5.15. The van der Waals surface area contributed by atoms with E-state index in [1.807, 2.05) is 0 Å². The Morgan fingerprint density at radius 1 is 1.00 bits per heavy atom. The van der Waals surface area contributed by atoms with Crippen molar-refractivity contribution in [1.29, 1.82) is 0 Å². The monoisotopic (exact) mass is 361 g/mol. The molecular formula is C14H11BrF3NO2. The average Bonchev–Trinajstić information content (AvgIpc) is 2.39. The van der Waals surface area contributed by atoms with Crippen molar-refractivity contribution in [2.45, 2.75) is 6.18 Å². The van der Waals surface area contributed by atoms with Crippen LogP contribution in [0.4, 0.5) is 18.9 Å². The molecule has 0 saturated carbocycles. The molecule has 0 atom stereocenters. The molecule has 0 aliphatic carbocycles. The number of methoxy groups -OCH3 is 1. The number of hydrogen-bond donors (Lipinski definition) is 1. The predicted octanol–water partition coefficient (Wildman–Crippen LogP) is 4.85. The van der Waals surface area contributed by atoms with E-state index in [1.54, 1.807) is 0 Å². The van der Waals surface area contributed by atoms with Gasteiger partial charge in [-0.1, -0.05) is 15.9 Å². The highest BCUT2D eigenvalue weighted by atomic mass is 79.9. The number of hydrogen-bond acceptors (Lipinski definition) is 3. The van der Waals surface area contributed by atoms with Crippen LogP contribution in [0.2, 0.25) is 0 Å². The van der Waals surface area contributed by atoms with Crippen molar-refractivity contribution < 1.29 is 22.6 Å². The van der Waals surface area contributed by atoms with Crippen molar-refractivity contribution in [1.82, 2.24) is 0 Å². The molecule has 0 radical (unpaired) electrons. The van der Waals surface area contributed by atoms with Crippen molar-refractivity contribution in [2.24, 2.45) is 0 Å². The fourth-order valence-electron chi connectivity index (χ4n) is 1.70. The molecule has 21 heavy (non-hydrogen) atoms. The Kier molecular flexibility index (Phi) is 4.32. The van der Waals surface area contributed by atoms with Gasteiger partial charge in [-0.3, -0.25) is 0 Å². The molecule has 2 rings (SSSR count). The van der Waals surface area contributed by atoms with Gasteiger partial charge in [0.05, 0.1) is 12.7 Å². The standard InChI is InChI=1S/C14H11BrF3NO2/c1-20-13-7-9(19)3-5-11(13)21-12-6-8(15)2-4-10(12)14(16,17)18/h2-7H,19H2,1H3. The Hall–Kier alpha value is -1.89. The zero-order valence-corrected chi connectivity index (χ0v) is 12.5. The molecule has 0 spiro atoms. The first kappa shape index (κ1) is 15.5. The molecule has 0 amide bonds. The third-order valence-corrected chi connectivity index (χ3v) is 3.15. The van der Waals surface area contributed by atoms with E-state index in [4.69, 9.17) is 15.2 Å². The minimum absolute atomic E-state index is 0.148. The van der Waals surface area contributed by atoms with Crippen molar-refractivity contribution in [3.8, 4) is 17.2 Å². The first-order valence-corrected chi connectivity index (χ1v) is 6.58. The van der Waals surface area contributed by atoms with Crippen molar-refractivity contribution in [3.05, 3.63) is 46.4 Å². The van der Waals surface area contributed by atoms with Gasteiger partial charge in [0.15, 0.2) is 11.5 Å². The number of alkyl halides is 3. The van der Waals surface area contributed by atoms with E-state index in [1.165, 1.54) is 37.4 Å². The summed E-state index contributed by atoms with van der Waals surface area (Å²) in [4.78, 5) is 0. The van der Waals surface area contributed by atoms with E-state index in [-0.39, 0.29) is 17.2 Å². The van der Waals surface area contributed by atoms with Crippen LogP contribution in [0.5, 0.6) is 17.2 Å². The summed E-state index contributed by atoms with van der Waals surface area (Å²) in [6.45, 7) is 0. The Labute approximate surface area is 127 Å². The van der Waals surface area contributed by atoms with Crippen LogP contribution in [0.15, 0.2) is 40.9 Å². The van der Waals surface area contributed by atoms with Crippen LogP contribution in [0.25, 0.3) is 0 Å². The molecule has 0 fully saturated rings. The topological polar surface area (TPSA) is 44.5 Å². The van der Waals surface area contributed by atoms with Crippen LogP contribution in [-0.4, -0.2) is 7.11 Å². The number of benzene rings is 2. The second kappa shape index (κ2) is 5.85. The van der Waals surface area contributed by atoms with Crippen molar-refractivity contribution in [3.63, 3.8) is 0 Å². The Morgan fingerprint density at radius 2 is 1.71 bits per heavy atom. The number of anilines is 1. The minimum atomic E-state index is -4.52. The minimum Gasteiger partial charge on any atom is -0.493 e. The molecule has 2 aromatic carbocycles. The highest BCUT2D eigenvalue weighted by molar-refractivity contribution is 9.10. The summed E-state index contributed by atoms with van der Waals surface area (Å²) in [6, 6.07) is 7.94. The van der Waals surface area contributed by atoms with Crippen LogP contribution in [0.1, 0.15) is 5.56 Å². The molecule has 3 nitrogen and oxygen atoms in total. The van der Waals surface area contributed by atoms with Crippen molar-refractivity contribution in [2.75, 3.05) is 12.8 Å². The van der Waals surface area contributed by atoms with Gasteiger partial charge in [0.1, 0.15) is 5.75 Å². The lowest BCUT2D eigenvalue weighted by Gasteiger charge is -2.16. The van der Waals surface area contributed by atoms with Gasteiger partial charge < -0.3 is 15.2 Å². The molecule has 0 unspecified atom stereocenters. The first-order valence-electron chi connectivity index (χ1n) is 5.79. The summed E-state index contributed by atoms with van der Waals surface area (Å²) in [7, 11) is 1.38. The molecular weight excluding hydrogens is 351 g/mol. The number of nitrogen functional groups attached to an aromatic ring is 1. The number of ether oxygens (including phenoxy) is 2. The normalized spacial score (nSPS) is 11.3. The zero-order chi connectivity index (χ0) is 15.6. The van der Waals surface area contributed by atoms with Crippen LogP contribution in [0.3, 0.4) is 0 Å². The molecule has 0 aromatic heterocycles. The van der Waals surface area contributed by atoms with Gasteiger partial charge in [-0.25, -0.2) is 0 Å². The van der Waals surface area contributed by atoms with Gasteiger partial charge in [-0.15, -0.1) is 0 Å². The largest absolute Gasteiger partial charge is 0.493 e. The lowest BCUT2D eigenvalue weighted by Crippen LogP contribution is -2.07. The highest BCUT2D eigenvalue weighted by Gasteiger charge is 2.34. The lowest BCUT2D eigenvalue weighted by molar-refractivity contribution is -0.138. The van der Waals surface area contributed by atoms with Crippen LogP contribution in [0, 0.1) is 0 Å². The lowest BCUT2D eigenvalue weighted by atomic mass is 10.2. The first-order chi connectivity index (χ1) is 9.81. The van der Waals surface area contributed by atoms with E-state index in [2.05, 4.69) is 15.9 Å². The van der Waals surface area contributed by atoms with Gasteiger partial charge in [-0.2, -0.15) is 13.2 Å². The Morgan fingerprint density at radius 3 is 2.33 bits per heavy atom. The Balaban J connectivity index is 2.46. The molecule has 0 bridgehead atoms. The second-order valence-electron chi connectivity index (χ2n) is 4.15. The molecule has 2 N–H and O–H groups in total. The third-order valence-electron chi connectivity index (χ3n) is 2.66. The van der Waals surface area contributed by atoms with E-state index in [0.717, 1.165) is 6.07 Å². The van der Waals surface area contributed by atoms with Gasteiger partial charge in [0.25, 0.3) is 0 Å². The number of halogens is 4. The fraction of sp³-hybridized carbons (Fsp3) is 0.143. The highest BCUT2D eigenvalue weighted by Crippen LogP contribution is 2.41. The number of nitrogens with two attached hydrogens (primary N) is 1. The van der Waals surface area contributed by atoms with Gasteiger partial charge in [-0.05, 0) is 30.3 Å². The molecule has 0 aliphatic rings. The van der Waals surface area contributed by atoms with Crippen molar-refractivity contribution >= 4 is 21.6 Å². The van der Waals surface area contributed by atoms with E-state index in [0.29, 0.717) is 10.2 Å². The van der Waals surface area contributed by atoms with E-state index >= 15 is 0 Å². The third kappa shape index (κ3) is 3.60. The van der Waals surface area contributed by atoms with Gasteiger partial charge in [0, 0.05) is 16.2 Å². The second-order valence-corrected chi connectivity index (χ2v) is 5.07. The van der Waals surface area contributed by atoms with E-state index < -0.39 is 11.7 Å². The maximum Gasteiger partial charge on any atom is 0.419 e. The maximum absolute atomic E-state index is 13.0. The van der Waals surface area contributed by atoms with Gasteiger partial charge in [0.2, 0.25) is 0 Å². The molecule has 112 valence electrons. The van der Waals surface area contributed by atoms with Gasteiger partial charge >= 0.3 is 6.18 Å². The zero-order valence-electron chi connectivity index (χ0n) is 10.9. The summed E-state index contributed by atoms with van der Waals surface area (Å²) in [5.74, 6) is 0.0818. The molecule has 0 saturated heterocycles. The smallest absolute Gasteiger partial charge is 0.419 e. The molecule has 0 heterocycles. The summed E-state index contributed by atoms with van der Waals surface area (Å²) in [6.07, 6.45) is -4.52. The maximum atomic E-state index is 13.0. The molecule has 2 aromatic rings. The SMILES string of the molecule is COc1cc(N)ccc1Oc1cc(Br)ccc1C(F)(F)F.